The molecule has 9 nitrogen and oxygen atoms in total. The predicted molar refractivity (Wildman–Crippen MR) is 346 cm³/mol. The Bertz CT molecular complexity index is 1780. The van der Waals surface area contributed by atoms with Crippen molar-refractivity contribution in [3.63, 3.8) is 0 Å². The third-order valence-electron chi connectivity index (χ3n) is 13.8. The highest BCUT2D eigenvalue weighted by atomic mass is 31.2. The molecule has 0 aromatic carbocycles. The molecule has 10 heteroatoms. The third-order valence-corrected chi connectivity index (χ3v) is 14.8. The van der Waals surface area contributed by atoms with Crippen LogP contribution >= 0.6 is 7.82 Å². The van der Waals surface area contributed by atoms with Crippen molar-refractivity contribution in [3.8, 4) is 0 Å². The fraction of sp³-hybridized carbons (Fsp3) is 0.686. The molecule has 0 aromatic heterocycles. The SMILES string of the molecule is CC\C=C/C=C/C=C/C=C\C=C\C=C\CCCCCC(=O)NC(COP(=O)(O)OCC[N+](C)(C)C)C(/C=C\CCCCCCCCCCCC)OC(=O)CCCCCCCCCCCCCC/C=C\C/C=C\C/C=C\CCCCC. The Balaban J connectivity index is 5.22. The van der Waals surface area contributed by atoms with E-state index in [1.54, 1.807) is 0 Å². The minimum atomic E-state index is -4.47. The van der Waals surface area contributed by atoms with Crippen LogP contribution in [0.25, 0.3) is 0 Å². The van der Waals surface area contributed by atoms with Gasteiger partial charge < -0.3 is 19.4 Å². The zero-order chi connectivity index (χ0) is 58.6. The van der Waals surface area contributed by atoms with Gasteiger partial charge in [-0.1, -0.05) is 277 Å². The largest absolute Gasteiger partial charge is 0.472 e. The summed E-state index contributed by atoms with van der Waals surface area (Å²) in [6.07, 6.45) is 82.0. The van der Waals surface area contributed by atoms with Crippen LogP contribution in [0.2, 0.25) is 0 Å². The van der Waals surface area contributed by atoms with E-state index in [9.17, 15) is 19.0 Å². The highest BCUT2D eigenvalue weighted by Crippen LogP contribution is 2.43. The van der Waals surface area contributed by atoms with Crippen LogP contribution in [0.1, 0.15) is 258 Å². The maximum Gasteiger partial charge on any atom is 0.472 e. The van der Waals surface area contributed by atoms with Crippen LogP contribution in [0, 0.1) is 0 Å². The van der Waals surface area contributed by atoms with E-state index in [0.29, 0.717) is 17.4 Å². The first-order chi connectivity index (χ1) is 38.9. The van der Waals surface area contributed by atoms with E-state index in [0.717, 1.165) is 77.0 Å². The standard InChI is InChI=1S/C70H121N2O7P/c1-7-10-13-16-19-22-25-28-30-32-33-34-35-36-37-38-39-41-43-45-48-51-54-57-60-63-70(74)79-68(61-58-55-52-49-46-27-24-21-18-15-12-9-3)67(66-78-80(75,76)77-65-64-72(4,5)6)71-69(73)62-59-56-53-50-47-44-42-40-31-29-26-23-20-17-14-11-8-2/h11,14,17,19-20,22-23,26,28-31,33-34,40,42,44,47,58,61,67-68H,7-10,12-13,15-16,18,21,24-25,27,32,35-39,41,43,45-46,48-57,59-60,62-66H2,1-6H3,(H-,71,73,75,76)/p+1/b14-11-,20-17+,22-19-,26-23+,30-28-,31-29-,34-33-,42-40+,47-44+,61-58-. The minimum absolute atomic E-state index is 0.0245. The fourth-order valence-corrected chi connectivity index (χ4v) is 9.54. The summed E-state index contributed by atoms with van der Waals surface area (Å²) in [5.41, 5.74) is 0. The van der Waals surface area contributed by atoms with Crippen LogP contribution in [0.15, 0.2) is 122 Å². The number of nitrogens with zero attached hydrogens (tertiary/aromatic N) is 1. The van der Waals surface area contributed by atoms with Crippen LogP contribution in [0.3, 0.4) is 0 Å². The Morgan fingerprint density at radius 1 is 0.463 bits per heavy atom. The number of nitrogens with one attached hydrogen (secondary N) is 1. The first-order valence-electron chi connectivity index (χ1n) is 32.4. The Labute approximate surface area is 493 Å². The van der Waals surface area contributed by atoms with Gasteiger partial charge in [-0.2, -0.15) is 0 Å². The molecule has 458 valence electrons. The number of hydrogen-bond acceptors (Lipinski definition) is 6. The van der Waals surface area contributed by atoms with Crippen molar-refractivity contribution < 1.29 is 37.3 Å². The number of quaternary nitrogens is 1. The number of unbranched alkanes of at least 4 members (excludes halogenated alkanes) is 28. The van der Waals surface area contributed by atoms with Crippen molar-refractivity contribution in [2.45, 2.75) is 270 Å². The van der Waals surface area contributed by atoms with Gasteiger partial charge in [0.05, 0.1) is 33.8 Å². The third kappa shape index (κ3) is 59.0. The summed E-state index contributed by atoms with van der Waals surface area (Å²) in [5.74, 6) is -0.563. The van der Waals surface area contributed by atoms with Gasteiger partial charge in [0, 0.05) is 12.8 Å². The summed E-state index contributed by atoms with van der Waals surface area (Å²) in [5, 5.41) is 3.03. The van der Waals surface area contributed by atoms with E-state index in [1.165, 1.54) is 141 Å². The Morgan fingerprint density at radius 2 is 0.850 bits per heavy atom. The molecule has 2 N–H and O–H groups in total. The molecule has 0 heterocycles. The lowest BCUT2D eigenvalue weighted by Crippen LogP contribution is -2.47. The van der Waals surface area contributed by atoms with E-state index >= 15 is 0 Å². The number of carbonyl (C=O) groups is 2. The second-order valence-corrected chi connectivity index (χ2v) is 24.2. The second kappa shape index (κ2) is 58.6. The zero-order valence-corrected chi connectivity index (χ0v) is 53.2. The zero-order valence-electron chi connectivity index (χ0n) is 52.3. The molecule has 0 radical (unpaired) electrons. The number of likely N-dealkylation sites (N-methyl/N-ethyl adjacent to an activating group) is 1. The molecule has 0 fully saturated rings. The highest BCUT2D eigenvalue weighted by molar-refractivity contribution is 7.47. The molecule has 0 aliphatic heterocycles. The Morgan fingerprint density at radius 3 is 1.35 bits per heavy atom. The number of phosphoric ester groups is 1. The first kappa shape index (κ1) is 76.4. The summed E-state index contributed by atoms with van der Waals surface area (Å²) < 4.78 is 30.7. The molecule has 0 saturated heterocycles. The van der Waals surface area contributed by atoms with Gasteiger partial charge in [-0.05, 0) is 89.5 Å². The van der Waals surface area contributed by atoms with Gasteiger partial charge in [0.1, 0.15) is 19.3 Å². The van der Waals surface area contributed by atoms with Gasteiger partial charge in [-0.3, -0.25) is 18.6 Å². The monoisotopic (exact) mass is 1130 g/mol. The van der Waals surface area contributed by atoms with Crippen molar-refractivity contribution >= 4 is 19.7 Å². The van der Waals surface area contributed by atoms with Crippen LogP contribution in [-0.2, 0) is 27.9 Å². The number of carbonyl (C=O) groups excluding carboxylic acids is 2. The lowest BCUT2D eigenvalue weighted by Gasteiger charge is -2.27. The van der Waals surface area contributed by atoms with Gasteiger partial charge in [0.2, 0.25) is 5.91 Å². The van der Waals surface area contributed by atoms with Crippen LogP contribution < -0.4 is 5.32 Å². The molecule has 0 aliphatic rings. The number of allylic oxidation sites excluding steroid dienone is 19. The summed E-state index contributed by atoms with van der Waals surface area (Å²) >= 11 is 0. The number of rotatable bonds is 57. The minimum Gasteiger partial charge on any atom is -0.456 e. The number of hydrogen-bond donors (Lipinski definition) is 2. The average Bonchev–Trinajstić information content (AvgIpc) is 3.42. The molecule has 0 rings (SSSR count). The van der Waals surface area contributed by atoms with Crippen molar-refractivity contribution in [3.05, 3.63) is 122 Å². The van der Waals surface area contributed by atoms with E-state index in [-0.39, 0.29) is 37.9 Å². The maximum absolute atomic E-state index is 13.5. The molecule has 0 aromatic rings. The summed E-state index contributed by atoms with van der Waals surface area (Å²) in [7, 11) is 1.45. The molecular formula is C70H122N2O7P+. The topological polar surface area (TPSA) is 111 Å². The number of esters is 1. The molecule has 0 aliphatic carbocycles. The van der Waals surface area contributed by atoms with E-state index in [4.69, 9.17) is 13.8 Å². The van der Waals surface area contributed by atoms with Gasteiger partial charge in [-0.15, -0.1) is 0 Å². The lowest BCUT2D eigenvalue weighted by molar-refractivity contribution is -0.870. The normalized spacial score (nSPS) is 14.4. The lowest BCUT2D eigenvalue weighted by atomic mass is 10.0. The quantitative estimate of drug-likeness (QED) is 0.0156. The van der Waals surface area contributed by atoms with Gasteiger partial charge in [-0.25, -0.2) is 4.57 Å². The molecule has 3 atom stereocenters. The van der Waals surface area contributed by atoms with Crippen molar-refractivity contribution in [2.24, 2.45) is 0 Å². The predicted octanol–water partition coefficient (Wildman–Crippen LogP) is 20.3. The van der Waals surface area contributed by atoms with Crippen LogP contribution in [-0.4, -0.2) is 74.3 Å². The van der Waals surface area contributed by atoms with Gasteiger partial charge >= 0.3 is 13.8 Å². The van der Waals surface area contributed by atoms with E-state index in [2.05, 4.69) is 74.7 Å². The van der Waals surface area contributed by atoms with Crippen LogP contribution in [0.4, 0.5) is 0 Å². The van der Waals surface area contributed by atoms with Gasteiger partial charge in [0.25, 0.3) is 0 Å². The van der Waals surface area contributed by atoms with Crippen molar-refractivity contribution in [1.82, 2.24) is 5.32 Å². The van der Waals surface area contributed by atoms with Crippen molar-refractivity contribution in [1.29, 1.82) is 0 Å². The Kier molecular flexibility index (Phi) is 56.0. The summed E-state index contributed by atoms with van der Waals surface area (Å²) in [6, 6.07) is -0.881. The molecular weight excluding hydrogens is 1010 g/mol. The number of ether oxygens (including phenoxy) is 1. The Hall–Kier alpha value is -3.59. The maximum atomic E-state index is 13.5. The first-order valence-corrected chi connectivity index (χ1v) is 33.9. The average molecular weight is 1130 g/mol. The molecule has 0 saturated carbocycles. The molecule has 0 spiro atoms. The van der Waals surface area contributed by atoms with Gasteiger partial charge in [0.15, 0.2) is 0 Å². The molecule has 3 unspecified atom stereocenters. The van der Waals surface area contributed by atoms with E-state index in [1.807, 2.05) is 94.1 Å². The van der Waals surface area contributed by atoms with Crippen LogP contribution in [0.5, 0.6) is 0 Å². The molecule has 0 bridgehead atoms. The summed E-state index contributed by atoms with van der Waals surface area (Å²) in [4.78, 5) is 37.8. The second-order valence-electron chi connectivity index (χ2n) is 22.7. The van der Waals surface area contributed by atoms with E-state index < -0.39 is 20.0 Å². The smallest absolute Gasteiger partial charge is 0.456 e. The number of phosphoric acid groups is 1. The summed E-state index contributed by atoms with van der Waals surface area (Å²) in [6.45, 7) is 6.80. The molecule has 1 amide bonds. The van der Waals surface area contributed by atoms with Crippen molar-refractivity contribution in [2.75, 3.05) is 40.9 Å². The highest BCUT2D eigenvalue weighted by Gasteiger charge is 2.30. The molecule has 80 heavy (non-hydrogen) atoms. The number of amides is 1. The fourth-order valence-electron chi connectivity index (χ4n) is 8.80.